The van der Waals surface area contributed by atoms with Crippen LogP contribution in [0.4, 0.5) is 0 Å². The standard InChI is InChI=1S/C17H14BrNO2/c1-8-5-10(9(2)20)6-11-7-13-12(17(19)21)3-4-14(18)16(13)15(8)11/h3-6H,7H2,1-2H3,(H2,19,21). The Hall–Kier alpha value is -1.94. The molecule has 0 aliphatic heterocycles. The fraction of sp³-hybridized carbons (Fsp3) is 0.176. The van der Waals surface area contributed by atoms with Crippen molar-refractivity contribution in [3.05, 3.63) is 56.6 Å². The van der Waals surface area contributed by atoms with E-state index in [0.717, 1.165) is 32.3 Å². The summed E-state index contributed by atoms with van der Waals surface area (Å²) in [4.78, 5) is 23.3. The van der Waals surface area contributed by atoms with Crippen LogP contribution in [-0.4, -0.2) is 11.7 Å². The molecule has 2 N–H and O–H groups in total. The van der Waals surface area contributed by atoms with Gasteiger partial charge in [0.2, 0.25) is 5.91 Å². The van der Waals surface area contributed by atoms with Gasteiger partial charge in [-0.3, -0.25) is 9.59 Å². The largest absolute Gasteiger partial charge is 0.366 e. The van der Waals surface area contributed by atoms with Gasteiger partial charge in [-0.25, -0.2) is 0 Å². The molecule has 0 spiro atoms. The maximum atomic E-state index is 11.6. The molecule has 0 aromatic heterocycles. The van der Waals surface area contributed by atoms with Gasteiger partial charge in [-0.05, 0) is 66.8 Å². The van der Waals surface area contributed by atoms with Crippen LogP contribution in [0.1, 0.15) is 44.3 Å². The summed E-state index contributed by atoms with van der Waals surface area (Å²) < 4.78 is 0.944. The third-order valence-electron chi connectivity index (χ3n) is 3.97. The number of hydrogen-bond donors (Lipinski definition) is 1. The molecule has 0 radical (unpaired) electrons. The predicted molar refractivity (Wildman–Crippen MR) is 85.6 cm³/mol. The van der Waals surface area contributed by atoms with Crippen LogP contribution in [0.15, 0.2) is 28.7 Å². The highest BCUT2D eigenvalue weighted by atomic mass is 79.9. The van der Waals surface area contributed by atoms with Gasteiger partial charge in [-0.1, -0.05) is 15.9 Å². The van der Waals surface area contributed by atoms with Crippen molar-refractivity contribution in [2.45, 2.75) is 20.3 Å². The van der Waals surface area contributed by atoms with Gasteiger partial charge in [0.25, 0.3) is 0 Å². The molecule has 0 fully saturated rings. The van der Waals surface area contributed by atoms with Gasteiger partial charge in [0.15, 0.2) is 5.78 Å². The molecule has 3 nitrogen and oxygen atoms in total. The van der Waals surface area contributed by atoms with Crippen molar-refractivity contribution in [2.24, 2.45) is 5.73 Å². The minimum absolute atomic E-state index is 0.0473. The van der Waals surface area contributed by atoms with Crippen molar-refractivity contribution in [1.82, 2.24) is 0 Å². The SMILES string of the molecule is CC(=O)c1cc(C)c2c(c1)Cc1c(C(N)=O)ccc(Br)c1-2. The average Bonchev–Trinajstić information content (AvgIpc) is 2.78. The van der Waals surface area contributed by atoms with E-state index in [2.05, 4.69) is 15.9 Å². The first-order valence-corrected chi connectivity index (χ1v) is 7.45. The lowest BCUT2D eigenvalue weighted by molar-refractivity contribution is 0.0995. The number of rotatable bonds is 2. The maximum absolute atomic E-state index is 11.6. The number of fused-ring (bicyclic) bond motifs is 3. The zero-order valence-electron chi connectivity index (χ0n) is 11.8. The van der Waals surface area contributed by atoms with Gasteiger partial charge < -0.3 is 5.73 Å². The van der Waals surface area contributed by atoms with Crippen molar-refractivity contribution < 1.29 is 9.59 Å². The molecule has 0 saturated heterocycles. The van der Waals surface area contributed by atoms with E-state index < -0.39 is 5.91 Å². The third-order valence-corrected chi connectivity index (χ3v) is 4.63. The number of amides is 1. The fourth-order valence-electron chi connectivity index (χ4n) is 3.06. The number of nitrogens with two attached hydrogens (primary N) is 1. The van der Waals surface area contributed by atoms with Crippen molar-refractivity contribution in [3.8, 4) is 11.1 Å². The molecule has 0 heterocycles. The lowest BCUT2D eigenvalue weighted by Crippen LogP contribution is -2.13. The summed E-state index contributed by atoms with van der Waals surface area (Å²) in [7, 11) is 0. The molecule has 106 valence electrons. The Kier molecular flexibility index (Phi) is 3.21. The van der Waals surface area contributed by atoms with Gasteiger partial charge in [-0.2, -0.15) is 0 Å². The second-order valence-electron chi connectivity index (χ2n) is 5.37. The van der Waals surface area contributed by atoms with Gasteiger partial charge in [0, 0.05) is 21.2 Å². The van der Waals surface area contributed by atoms with Crippen LogP contribution in [-0.2, 0) is 6.42 Å². The molecule has 2 aromatic carbocycles. The quantitative estimate of drug-likeness (QED) is 0.722. The Morgan fingerprint density at radius 1 is 1.19 bits per heavy atom. The van der Waals surface area contributed by atoms with Crippen molar-refractivity contribution >= 4 is 27.6 Å². The van der Waals surface area contributed by atoms with E-state index in [0.29, 0.717) is 17.5 Å². The smallest absolute Gasteiger partial charge is 0.249 e. The van der Waals surface area contributed by atoms with Crippen LogP contribution in [0.5, 0.6) is 0 Å². The topological polar surface area (TPSA) is 60.2 Å². The summed E-state index contributed by atoms with van der Waals surface area (Å²) in [6, 6.07) is 7.42. The molecule has 0 bridgehead atoms. The molecule has 3 rings (SSSR count). The summed E-state index contributed by atoms with van der Waals surface area (Å²) in [5, 5.41) is 0. The zero-order chi connectivity index (χ0) is 15.3. The normalized spacial score (nSPS) is 12.0. The Balaban J connectivity index is 2.31. The first kappa shape index (κ1) is 14.0. The van der Waals surface area contributed by atoms with Crippen molar-refractivity contribution in [3.63, 3.8) is 0 Å². The van der Waals surface area contributed by atoms with E-state index in [4.69, 9.17) is 5.73 Å². The molecule has 1 aliphatic carbocycles. The van der Waals surface area contributed by atoms with Gasteiger partial charge in [-0.15, -0.1) is 0 Å². The van der Waals surface area contributed by atoms with Gasteiger partial charge in [0.1, 0.15) is 0 Å². The molecule has 0 unspecified atom stereocenters. The number of ketones is 1. The molecule has 4 heteroatoms. The lowest BCUT2D eigenvalue weighted by atomic mass is 9.96. The number of carbonyl (C=O) groups excluding carboxylic acids is 2. The lowest BCUT2D eigenvalue weighted by Gasteiger charge is -2.10. The molecule has 1 aliphatic rings. The van der Waals surface area contributed by atoms with Gasteiger partial charge in [0.05, 0.1) is 0 Å². The molecule has 21 heavy (non-hydrogen) atoms. The summed E-state index contributed by atoms with van der Waals surface area (Å²) in [5.74, 6) is -0.373. The highest BCUT2D eigenvalue weighted by molar-refractivity contribution is 9.10. The number of primary amides is 1. The maximum Gasteiger partial charge on any atom is 0.249 e. The number of Topliss-reactive ketones (excluding diaryl/α,β-unsaturated/α-hetero) is 1. The Morgan fingerprint density at radius 3 is 2.52 bits per heavy atom. The molecule has 2 aromatic rings. The van der Waals surface area contributed by atoms with E-state index in [1.54, 1.807) is 13.0 Å². The first-order chi connectivity index (χ1) is 9.90. The summed E-state index contributed by atoms with van der Waals surface area (Å²) in [6.07, 6.45) is 0.629. The Labute approximate surface area is 131 Å². The third kappa shape index (κ3) is 2.10. The van der Waals surface area contributed by atoms with Crippen LogP contribution in [0.2, 0.25) is 0 Å². The molecule has 0 saturated carbocycles. The van der Waals surface area contributed by atoms with E-state index in [-0.39, 0.29) is 5.78 Å². The second-order valence-corrected chi connectivity index (χ2v) is 6.23. The highest BCUT2D eigenvalue weighted by Crippen LogP contribution is 2.44. The summed E-state index contributed by atoms with van der Waals surface area (Å²) >= 11 is 3.56. The minimum Gasteiger partial charge on any atom is -0.366 e. The van der Waals surface area contributed by atoms with E-state index in [1.165, 1.54) is 0 Å². The molecule has 1 amide bonds. The van der Waals surface area contributed by atoms with Crippen LogP contribution in [0, 0.1) is 6.92 Å². The first-order valence-electron chi connectivity index (χ1n) is 6.66. The average molecular weight is 344 g/mol. The van der Waals surface area contributed by atoms with Crippen LogP contribution < -0.4 is 5.73 Å². The molecule has 0 atom stereocenters. The summed E-state index contributed by atoms with van der Waals surface area (Å²) in [6.45, 7) is 3.55. The Bertz CT molecular complexity index is 809. The monoisotopic (exact) mass is 343 g/mol. The van der Waals surface area contributed by atoms with Crippen LogP contribution >= 0.6 is 15.9 Å². The Morgan fingerprint density at radius 2 is 1.90 bits per heavy atom. The number of aryl methyl sites for hydroxylation is 1. The van der Waals surface area contributed by atoms with Crippen molar-refractivity contribution in [2.75, 3.05) is 0 Å². The van der Waals surface area contributed by atoms with Crippen LogP contribution in [0.3, 0.4) is 0 Å². The number of halogens is 1. The van der Waals surface area contributed by atoms with Crippen molar-refractivity contribution in [1.29, 1.82) is 0 Å². The number of benzene rings is 2. The highest BCUT2D eigenvalue weighted by Gasteiger charge is 2.27. The van der Waals surface area contributed by atoms with E-state index in [1.807, 2.05) is 25.1 Å². The van der Waals surface area contributed by atoms with E-state index in [9.17, 15) is 9.59 Å². The van der Waals surface area contributed by atoms with E-state index >= 15 is 0 Å². The second kappa shape index (κ2) is 4.81. The minimum atomic E-state index is -0.420. The zero-order valence-corrected chi connectivity index (χ0v) is 13.4. The van der Waals surface area contributed by atoms with Crippen LogP contribution in [0.25, 0.3) is 11.1 Å². The number of carbonyl (C=O) groups is 2. The summed E-state index contributed by atoms with van der Waals surface area (Å²) in [5.41, 5.74) is 11.9. The predicted octanol–water partition coefficient (Wildman–Crippen LogP) is 3.63. The molecular weight excluding hydrogens is 330 g/mol. The number of hydrogen-bond acceptors (Lipinski definition) is 2. The molecular formula is C17H14BrNO2. The van der Waals surface area contributed by atoms with Gasteiger partial charge >= 0.3 is 0 Å². The fourth-order valence-corrected chi connectivity index (χ4v) is 3.62.